The molecule has 0 fully saturated rings. The number of hydrogen-bond acceptors (Lipinski definition) is 6. The zero-order valence-corrected chi connectivity index (χ0v) is 15.8. The number of carbonyl (C=O) groups is 1. The van der Waals surface area contributed by atoms with E-state index in [9.17, 15) is 13.2 Å². The maximum Gasteiger partial charge on any atom is 0.310 e. The molecule has 0 bridgehead atoms. The first-order valence-corrected chi connectivity index (χ1v) is 9.73. The van der Waals surface area contributed by atoms with Crippen LogP contribution in [0.25, 0.3) is 0 Å². The van der Waals surface area contributed by atoms with Gasteiger partial charge in [-0.3, -0.25) is 4.79 Å². The summed E-state index contributed by atoms with van der Waals surface area (Å²) >= 11 is 0. The van der Waals surface area contributed by atoms with Crippen molar-refractivity contribution in [1.29, 1.82) is 0 Å². The maximum absolute atomic E-state index is 12.7. The molecule has 6 nitrogen and oxygen atoms in total. The molecule has 0 spiro atoms. The summed E-state index contributed by atoms with van der Waals surface area (Å²) < 4.78 is 40.7. The Morgan fingerprint density at radius 1 is 1.00 bits per heavy atom. The second-order valence-corrected chi connectivity index (χ2v) is 7.55. The standard InChI is InChI=1S/C19H22O6S/c1-4-25-19(20)11-14-5-8-17(9-6-14)26(21,22)13-15-12-16(23-2)7-10-18(15)24-3/h5-10,12H,4,11,13H2,1-3H3. The predicted molar refractivity (Wildman–Crippen MR) is 97.2 cm³/mol. The van der Waals surface area contributed by atoms with Gasteiger partial charge in [0.1, 0.15) is 11.5 Å². The van der Waals surface area contributed by atoms with Crippen molar-refractivity contribution < 1.29 is 27.4 Å². The fourth-order valence-corrected chi connectivity index (χ4v) is 3.83. The van der Waals surface area contributed by atoms with E-state index in [-0.39, 0.29) is 23.0 Å². The van der Waals surface area contributed by atoms with Gasteiger partial charge in [0.2, 0.25) is 0 Å². The maximum atomic E-state index is 12.7. The largest absolute Gasteiger partial charge is 0.497 e. The summed E-state index contributed by atoms with van der Waals surface area (Å²) in [7, 11) is -0.574. The van der Waals surface area contributed by atoms with E-state index < -0.39 is 9.84 Å². The molecular weight excluding hydrogens is 356 g/mol. The van der Waals surface area contributed by atoms with Gasteiger partial charge in [0.05, 0.1) is 37.9 Å². The van der Waals surface area contributed by atoms with Gasteiger partial charge in [-0.1, -0.05) is 12.1 Å². The zero-order valence-electron chi connectivity index (χ0n) is 15.0. The number of ether oxygens (including phenoxy) is 3. The number of sulfone groups is 1. The molecule has 0 aliphatic carbocycles. The van der Waals surface area contributed by atoms with E-state index in [0.29, 0.717) is 29.2 Å². The third-order valence-electron chi connectivity index (χ3n) is 3.77. The summed E-state index contributed by atoms with van der Waals surface area (Å²) in [5, 5.41) is 0. The normalized spacial score (nSPS) is 11.0. The van der Waals surface area contributed by atoms with Crippen molar-refractivity contribution in [3.05, 3.63) is 53.6 Å². The van der Waals surface area contributed by atoms with E-state index in [2.05, 4.69) is 0 Å². The Balaban J connectivity index is 2.21. The predicted octanol–water partition coefficient (Wildman–Crippen LogP) is 2.78. The molecule has 0 saturated carbocycles. The highest BCUT2D eigenvalue weighted by Gasteiger charge is 2.19. The molecule has 2 aromatic carbocycles. The zero-order chi connectivity index (χ0) is 19.2. The van der Waals surface area contributed by atoms with Crippen LogP contribution in [-0.4, -0.2) is 35.2 Å². The van der Waals surface area contributed by atoms with Gasteiger partial charge in [0, 0.05) is 5.56 Å². The summed E-state index contributed by atoms with van der Waals surface area (Å²) in [6.45, 7) is 2.05. The number of benzene rings is 2. The second kappa shape index (κ2) is 8.71. The number of carbonyl (C=O) groups excluding carboxylic acids is 1. The molecule has 0 aliphatic heterocycles. The summed E-state index contributed by atoms with van der Waals surface area (Å²) in [5.74, 6) is 0.475. The van der Waals surface area contributed by atoms with Crippen LogP contribution in [0.1, 0.15) is 18.1 Å². The molecule has 2 aromatic rings. The number of rotatable bonds is 8. The lowest BCUT2D eigenvalue weighted by Crippen LogP contribution is -2.09. The molecule has 0 atom stereocenters. The van der Waals surface area contributed by atoms with Crippen LogP contribution in [0.15, 0.2) is 47.4 Å². The number of esters is 1. The lowest BCUT2D eigenvalue weighted by Gasteiger charge is -2.11. The topological polar surface area (TPSA) is 78.9 Å². The average Bonchev–Trinajstić information content (AvgIpc) is 2.62. The molecule has 0 N–H and O–H groups in total. The van der Waals surface area contributed by atoms with Crippen LogP contribution in [0.2, 0.25) is 0 Å². The van der Waals surface area contributed by atoms with Gasteiger partial charge in [-0.05, 0) is 42.8 Å². The van der Waals surface area contributed by atoms with Crippen LogP contribution >= 0.6 is 0 Å². The quantitative estimate of drug-likeness (QED) is 0.657. The average molecular weight is 378 g/mol. The summed E-state index contributed by atoms with van der Waals surface area (Å²) in [4.78, 5) is 11.7. The van der Waals surface area contributed by atoms with Crippen LogP contribution in [-0.2, 0) is 31.5 Å². The van der Waals surface area contributed by atoms with E-state index in [1.54, 1.807) is 37.3 Å². The van der Waals surface area contributed by atoms with E-state index >= 15 is 0 Å². The second-order valence-electron chi connectivity index (χ2n) is 5.56. The van der Waals surface area contributed by atoms with Crippen LogP contribution in [0.4, 0.5) is 0 Å². The minimum atomic E-state index is -3.58. The lowest BCUT2D eigenvalue weighted by molar-refractivity contribution is -0.142. The Hall–Kier alpha value is -2.54. The number of methoxy groups -OCH3 is 2. The monoisotopic (exact) mass is 378 g/mol. The van der Waals surface area contributed by atoms with Gasteiger partial charge in [-0.25, -0.2) is 8.42 Å². The smallest absolute Gasteiger partial charge is 0.310 e. The first-order valence-electron chi connectivity index (χ1n) is 8.07. The van der Waals surface area contributed by atoms with E-state index in [1.807, 2.05) is 0 Å². The molecule has 0 unspecified atom stereocenters. The van der Waals surface area contributed by atoms with E-state index in [0.717, 1.165) is 0 Å². The Kier molecular flexibility index (Phi) is 6.63. The highest BCUT2D eigenvalue weighted by atomic mass is 32.2. The minimum absolute atomic E-state index is 0.109. The molecule has 26 heavy (non-hydrogen) atoms. The SMILES string of the molecule is CCOC(=O)Cc1ccc(S(=O)(=O)Cc2cc(OC)ccc2OC)cc1. The van der Waals surface area contributed by atoms with Crippen molar-refractivity contribution in [1.82, 2.24) is 0 Å². The van der Waals surface area contributed by atoms with Crippen molar-refractivity contribution in [3.8, 4) is 11.5 Å². The molecule has 2 rings (SSSR count). The summed E-state index contributed by atoms with van der Waals surface area (Å²) in [6, 6.07) is 11.3. The van der Waals surface area contributed by atoms with Crippen LogP contribution in [0, 0.1) is 0 Å². The van der Waals surface area contributed by atoms with Gasteiger partial charge in [-0.15, -0.1) is 0 Å². The van der Waals surface area contributed by atoms with Crippen molar-refractivity contribution >= 4 is 15.8 Å². The molecule has 0 aromatic heterocycles. The molecule has 7 heteroatoms. The molecule has 140 valence electrons. The fourth-order valence-electron chi connectivity index (χ4n) is 2.48. The van der Waals surface area contributed by atoms with Gasteiger partial charge >= 0.3 is 5.97 Å². The molecular formula is C19H22O6S. The first kappa shape index (κ1) is 19.8. The van der Waals surface area contributed by atoms with Crippen LogP contribution < -0.4 is 9.47 Å². The van der Waals surface area contributed by atoms with Crippen LogP contribution in [0.3, 0.4) is 0 Å². The van der Waals surface area contributed by atoms with Gasteiger partial charge < -0.3 is 14.2 Å². The molecule has 0 saturated heterocycles. The highest BCUT2D eigenvalue weighted by molar-refractivity contribution is 7.90. The van der Waals surface area contributed by atoms with Crippen molar-refractivity contribution in [2.45, 2.75) is 24.0 Å². The van der Waals surface area contributed by atoms with Crippen LogP contribution in [0.5, 0.6) is 11.5 Å². The highest BCUT2D eigenvalue weighted by Crippen LogP contribution is 2.28. The molecule has 0 amide bonds. The Morgan fingerprint density at radius 3 is 2.27 bits per heavy atom. The third-order valence-corrected chi connectivity index (χ3v) is 5.45. The Bertz CT molecular complexity index is 856. The fraction of sp³-hybridized carbons (Fsp3) is 0.316. The number of hydrogen-bond donors (Lipinski definition) is 0. The first-order chi connectivity index (χ1) is 12.4. The third kappa shape index (κ3) is 4.98. The summed E-state index contributed by atoms with van der Waals surface area (Å²) in [6.07, 6.45) is 0.109. The molecule has 0 aliphatic rings. The van der Waals surface area contributed by atoms with E-state index in [1.165, 1.54) is 26.4 Å². The van der Waals surface area contributed by atoms with E-state index in [4.69, 9.17) is 14.2 Å². The molecule has 0 heterocycles. The minimum Gasteiger partial charge on any atom is -0.497 e. The molecule has 0 radical (unpaired) electrons. The van der Waals surface area contributed by atoms with Gasteiger partial charge in [0.25, 0.3) is 0 Å². The Labute approximate surface area is 153 Å². The van der Waals surface area contributed by atoms with Gasteiger partial charge in [-0.2, -0.15) is 0 Å². The van der Waals surface area contributed by atoms with Crippen molar-refractivity contribution in [3.63, 3.8) is 0 Å². The summed E-state index contributed by atoms with van der Waals surface area (Å²) in [5.41, 5.74) is 1.21. The lowest BCUT2D eigenvalue weighted by atomic mass is 10.1. The van der Waals surface area contributed by atoms with Crippen molar-refractivity contribution in [2.75, 3.05) is 20.8 Å². The van der Waals surface area contributed by atoms with Gasteiger partial charge in [0.15, 0.2) is 9.84 Å². The Morgan fingerprint density at radius 2 is 1.69 bits per heavy atom. The van der Waals surface area contributed by atoms with Crippen molar-refractivity contribution in [2.24, 2.45) is 0 Å².